The van der Waals surface area contributed by atoms with E-state index in [2.05, 4.69) is 24.3 Å². The minimum Gasteiger partial charge on any atom is -0.396 e. The molecule has 2 rings (SSSR count). The van der Waals surface area contributed by atoms with E-state index in [4.69, 9.17) is 10.8 Å². The average Bonchev–Trinajstić information content (AvgIpc) is 2.36. The van der Waals surface area contributed by atoms with Gasteiger partial charge in [0.1, 0.15) is 0 Å². The minimum atomic E-state index is -0.385. The lowest BCUT2D eigenvalue weighted by molar-refractivity contribution is 0.266. The van der Waals surface area contributed by atoms with Crippen LogP contribution >= 0.6 is 0 Å². The maximum absolute atomic E-state index is 8.93. The van der Waals surface area contributed by atoms with Gasteiger partial charge in [-0.2, -0.15) is 0 Å². The van der Waals surface area contributed by atoms with Gasteiger partial charge in [-0.15, -0.1) is 0 Å². The van der Waals surface area contributed by atoms with Gasteiger partial charge in [0.2, 0.25) is 0 Å². The van der Waals surface area contributed by atoms with Crippen LogP contribution in [0.5, 0.6) is 0 Å². The van der Waals surface area contributed by atoms with E-state index in [-0.39, 0.29) is 12.1 Å². The summed E-state index contributed by atoms with van der Waals surface area (Å²) in [6.07, 6.45) is 1.52. The van der Waals surface area contributed by atoms with Crippen LogP contribution in [0.1, 0.15) is 25.3 Å². The molecule has 0 heterocycles. The fourth-order valence-electron chi connectivity index (χ4n) is 2.30. The second-order valence-corrected chi connectivity index (χ2v) is 4.77. The number of benzene rings is 2. The van der Waals surface area contributed by atoms with Crippen molar-refractivity contribution in [3.63, 3.8) is 0 Å². The highest BCUT2D eigenvalue weighted by Gasteiger charge is 2.22. The lowest BCUT2D eigenvalue weighted by Gasteiger charge is -2.26. The van der Waals surface area contributed by atoms with E-state index in [0.717, 1.165) is 18.4 Å². The zero-order chi connectivity index (χ0) is 12.3. The molecule has 2 heteroatoms. The predicted molar refractivity (Wildman–Crippen MR) is 71.8 cm³/mol. The SMILES string of the molecule is CC(N)(CCCO)c1cccc2ccccc12. The van der Waals surface area contributed by atoms with Crippen LogP contribution in [-0.2, 0) is 5.54 Å². The van der Waals surface area contributed by atoms with E-state index < -0.39 is 0 Å². The summed E-state index contributed by atoms with van der Waals surface area (Å²) < 4.78 is 0. The number of hydrogen-bond donors (Lipinski definition) is 2. The van der Waals surface area contributed by atoms with Crippen LogP contribution in [0.25, 0.3) is 10.8 Å². The molecule has 90 valence electrons. The Balaban J connectivity index is 2.47. The molecule has 0 fully saturated rings. The molecule has 17 heavy (non-hydrogen) atoms. The molecular weight excluding hydrogens is 210 g/mol. The van der Waals surface area contributed by atoms with Crippen molar-refractivity contribution in [2.24, 2.45) is 5.73 Å². The highest BCUT2D eigenvalue weighted by molar-refractivity contribution is 5.86. The highest BCUT2D eigenvalue weighted by Crippen LogP contribution is 2.29. The zero-order valence-electron chi connectivity index (χ0n) is 10.2. The lowest BCUT2D eigenvalue weighted by Crippen LogP contribution is -2.33. The van der Waals surface area contributed by atoms with Gasteiger partial charge in [0.25, 0.3) is 0 Å². The molecule has 3 N–H and O–H groups in total. The Kier molecular flexibility index (Phi) is 3.46. The van der Waals surface area contributed by atoms with Crippen molar-refractivity contribution < 1.29 is 5.11 Å². The summed E-state index contributed by atoms with van der Waals surface area (Å²) in [7, 11) is 0. The van der Waals surface area contributed by atoms with Gasteiger partial charge >= 0.3 is 0 Å². The third-order valence-corrected chi connectivity index (χ3v) is 3.26. The third-order valence-electron chi connectivity index (χ3n) is 3.26. The molecule has 0 amide bonds. The van der Waals surface area contributed by atoms with E-state index in [1.807, 2.05) is 25.1 Å². The Hall–Kier alpha value is -1.38. The molecule has 0 saturated heterocycles. The van der Waals surface area contributed by atoms with Gasteiger partial charge in [-0.05, 0) is 36.1 Å². The molecule has 0 bridgehead atoms. The fourth-order valence-corrected chi connectivity index (χ4v) is 2.30. The fraction of sp³-hybridized carbons (Fsp3) is 0.333. The number of nitrogens with two attached hydrogens (primary N) is 1. The van der Waals surface area contributed by atoms with Crippen LogP contribution in [0.4, 0.5) is 0 Å². The Morgan fingerprint density at radius 2 is 1.82 bits per heavy atom. The van der Waals surface area contributed by atoms with Gasteiger partial charge in [0, 0.05) is 12.1 Å². The number of aliphatic hydroxyl groups is 1. The number of rotatable bonds is 4. The van der Waals surface area contributed by atoms with Gasteiger partial charge in [0.05, 0.1) is 0 Å². The largest absolute Gasteiger partial charge is 0.396 e. The monoisotopic (exact) mass is 229 g/mol. The van der Waals surface area contributed by atoms with Crippen molar-refractivity contribution in [2.75, 3.05) is 6.61 Å². The van der Waals surface area contributed by atoms with E-state index in [1.54, 1.807) is 0 Å². The van der Waals surface area contributed by atoms with Crippen molar-refractivity contribution in [2.45, 2.75) is 25.3 Å². The Labute approximate surface area is 102 Å². The van der Waals surface area contributed by atoms with Crippen LogP contribution in [-0.4, -0.2) is 11.7 Å². The van der Waals surface area contributed by atoms with E-state index >= 15 is 0 Å². The molecule has 0 saturated carbocycles. The topological polar surface area (TPSA) is 46.2 Å². The van der Waals surface area contributed by atoms with Crippen molar-refractivity contribution in [3.05, 3.63) is 48.0 Å². The number of aliphatic hydroxyl groups excluding tert-OH is 1. The summed E-state index contributed by atoms with van der Waals surface area (Å²) in [5.41, 5.74) is 7.15. The van der Waals surface area contributed by atoms with Crippen molar-refractivity contribution >= 4 is 10.8 Å². The molecule has 0 aromatic heterocycles. The van der Waals surface area contributed by atoms with Gasteiger partial charge in [0.15, 0.2) is 0 Å². The molecule has 1 unspecified atom stereocenters. The summed E-state index contributed by atoms with van der Waals surface area (Å²) in [5, 5.41) is 11.4. The Morgan fingerprint density at radius 3 is 2.59 bits per heavy atom. The van der Waals surface area contributed by atoms with E-state index in [9.17, 15) is 0 Å². The summed E-state index contributed by atoms with van der Waals surface area (Å²) in [5.74, 6) is 0. The first-order valence-electron chi connectivity index (χ1n) is 6.03. The summed E-state index contributed by atoms with van der Waals surface area (Å²) in [4.78, 5) is 0. The standard InChI is InChI=1S/C15H19NO/c1-15(16,10-5-11-17)14-9-4-7-12-6-2-3-8-13(12)14/h2-4,6-9,17H,5,10-11,16H2,1H3. The molecule has 2 aromatic rings. The molecule has 2 aromatic carbocycles. The van der Waals surface area contributed by atoms with E-state index in [1.165, 1.54) is 10.8 Å². The average molecular weight is 229 g/mol. The third kappa shape index (κ3) is 2.48. The molecule has 0 aliphatic carbocycles. The van der Waals surface area contributed by atoms with Crippen LogP contribution in [0.2, 0.25) is 0 Å². The van der Waals surface area contributed by atoms with Gasteiger partial charge in [-0.1, -0.05) is 42.5 Å². The second-order valence-electron chi connectivity index (χ2n) is 4.77. The van der Waals surface area contributed by atoms with Crippen molar-refractivity contribution in [1.29, 1.82) is 0 Å². The molecule has 1 atom stereocenters. The Bertz CT molecular complexity index is 500. The number of fused-ring (bicyclic) bond motifs is 1. The highest BCUT2D eigenvalue weighted by atomic mass is 16.2. The normalized spacial score (nSPS) is 14.8. The summed E-state index contributed by atoms with van der Waals surface area (Å²) in [6.45, 7) is 2.22. The zero-order valence-corrected chi connectivity index (χ0v) is 10.2. The van der Waals surface area contributed by atoms with E-state index in [0.29, 0.717) is 0 Å². The number of hydrogen-bond acceptors (Lipinski definition) is 2. The summed E-state index contributed by atoms with van der Waals surface area (Å²) in [6, 6.07) is 14.5. The van der Waals surface area contributed by atoms with Gasteiger partial charge in [-0.3, -0.25) is 0 Å². The quantitative estimate of drug-likeness (QED) is 0.846. The van der Waals surface area contributed by atoms with Crippen LogP contribution < -0.4 is 5.73 Å². The van der Waals surface area contributed by atoms with Crippen LogP contribution in [0.15, 0.2) is 42.5 Å². The smallest absolute Gasteiger partial charge is 0.0431 e. The molecule has 0 aliphatic rings. The van der Waals surface area contributed by atoms with Crippen molar-refractivity contribution in [3.8, 4) is 0 Å². The maximum Gasteiger partial charge on any atom is 0.0431 e. The predicted octanol–water partition coefficient (Wildman–Crippen LogP) is 2.79. The van der Waals surface area contributed by atoms with Gasteiger partial charge < -0.3 is 10.8 Å². The molecule has 0 spiro atoms. The lowest BCUT2D eigenvalue weighted by atomic mass is 9.85. The first kappa shape index (κ1) is 12.1. The minimum absolute atomic E-state index is 0.192. The second kappa shape index (κ2) is 4.86. The van der Waals surface area contributed by atoms with Crippen LogP contribution in [0, 0.1) is 0 Å². The maximum atomic E-state index is 8.93. The Morgan fingerprint density at radius 1 is 1.12 bits per heavy atom. The molecule has 0 radical (unpaired) electrons. The molecular formula is C15H19NO. The van der Waals surface area contributed by atoms with Crippen LogP contribution in [0.3, 0.4) is 0 Å². The summed E-state index contributed by atoms with van der Waals surface area (Å²) >= 11 is 0. The first-order valence-corrected chi connectivity index (χ1v) is 6.03. The van der Waals surface area contributed by atoms with Crippen molar-refractivity contribution in [1.82, 2.24) is 0 Å². The molecule has 0 aliphatic heterocycles. The first-order chi connectivity index (χ1) is 8.15. The van der Waals surface area contributed by atoms with Gasteiger partial charge in [-0.25, -0.2) is 0 Å². The molecule has 2 nitrogen and oxygen atoms in total.